The third-order valence-corrected chi connectivity index (χ3v) is 6.52. The average Bonchev–Trinajstić information content (AvgIpc) is 3.00. The molecule has 0 amide bonds. The Bertz CT molecular complexity index is 1050. The first-order valence-electron chi connectivity index (χ1n) is 9.69. The topological polar surface area (TPSA) is 50.2 Å². The molecule has 3 aromatic rings. The fourth-order valence-electron chi connectivity index (χ4n) is 3.59. The Morgan fingerprint density at radius 2 is 2.04 bits per heavy atom. The number of aromatic nitrogens is 2. The summed E-state index contributed by atoms with van der Waals surface area (Å²) in [5.74, 6) is 1.18. The maximum Gasteiger partial charge on any atom is 0.268 e. The van der Waals surface area contributed by atoms with Gasteiger partial charge in [-0.25, -0.2) is 9.55 Å². The van der Waals surface area contributed by atoms with E-state index in [2.05, 4.69) is 31.1 Å². The standard InChI is InChI=1S/C21H25ClN4OS/c1-13(2)8-10-23-21-24-19-18(16-9-11-25(3)12-17(16)28-19)20(27)26(21)15-6-4-14(22)5-7-15/h4-7,13H,8-12H2,1-3H3,(H,23,24). The van der Waals surface area contributed by atoms with E-state index in [-0.39, 0.29) is 5.56 Å². The quantitative estimate of drug-likeness (QED) is 0.663. The molecule has 0 saturated carbocycles. The van der Waals surface area contributed by atoms with E-state index in [9.17, 15) is 4.79 Å². The van der Waals surface area contributed by atoms with Crippen LogP contribution in [-0.4, -0.2) is 34.6 Å². The summed E-state index contributed by atoms with van der Waals surface area (Å²) >= 11 is 7.71. The molecule has 0 radical (unpaired) electrons. The third kappa shape index (κ3) is 3.69. The lowest BCUT2D eigenvalue weighted by Crippen LogP contribution is -2.27. The van der Waals surface area contributed by atoms with E-state index in [1.54, 1.807) is 15.9 Å². The number of halogens is 1. The largest absolute Gasteiger partial charge is 0.355 e. The summed E-state index contributed by atoms with van der Waals surface area (Å²) in [5.41, 5.74) is 1.96. The van der Waals surface area contributed by atoms with E-state index in [1.807, 2.05) is 24.3 Å². The molecule has 2 aromatic heterocycles. The first-order valence-corrected chi connectivity index (χ1v) is 10.9. The van der Waals surface area contributed by atoms with E-state index >= 15 is 0 Å². The zero-order chi connectivity index (χ0) is 19.8. The summed E-state index contributed by atoms with van der Waals surface area (Å²) < 4.78 is 1.70. The van der Waals surface area contributed by atoms with Crippen molar-refractivity contribution in [2.24, 2.45) is 5.92 Å². The van der Waals surface area contributed by atoms with Gasteiger partial charge in [0.25, 0.3) is 5.56 Å². The van der Waals surface area contributed by atoms with Crippen molar-refractivity contribution in [1.82, 2.24) is 14.5 Å². The minimum Gasteiger partial charge on any atom is -0.355 e. The van der Waals surface area contributed by atoms with E-state index in [0.717, 1.165) is 48.4 Å². The molecular formula is C21H25ClN4OS. The summed E-state index contributed by atoms with van der Waals surface area (Å²) in [4.78, 5) is 22.9. The monoisotopic (exact) mass is 416 g/mol. The molecule has 1 N–H and O–H groups in total. The van der Waals surface area contributed by atoms with Crippen LogP contribution < -0.4 is 10.9 Å². The van der Waals surface area contributed by atoms with Crippen molar-refractivity contribution >= 4 is 39.1 Å². The lowest BCUT2D eigenvalue weighted by atomic mass is 10.1. The summed E-state index contributed by atoms with van der Waals surface area (Å²) in [6, 6.07) is 7.36. The maximum atomic E-state index is 13.6. The van der Waals surface area contributed by atoms with Crippen molar-refractivity contribution in [2.45, 2.75) is 33.2 Å². The Morgan fingerprint density at radius 3 is 2.75 bits per heavy atom. The van der Waals surface area contributed by atoms with E-state index in [1.165, 1.54) is 10.4 Å². The van der Waals surface area contributed by atoms with E-state index < -0.39 is 0 Å². The maximum absolute atomic E-state index is 13.6. The number of nitrogens with one attached hydrogen (secondary N) is 1. The molecule has 3 heterocycles. The number of thiophene rings is 1. The number of benzene rings is 1. The van der Waals surface area contributed by atoms with E-state index in [4.69, 9.17) is 16.6 Å². The van der Waals surface area contributed by atoms with Crippen molar-refractivity contribution in [3.05, 3.63) is 50.1 Å². The molecule has 0 spiro atoms. The number of hydrogen-bond donors (Lipinski definition) is 1. The Kier molecular flexibility index (Phi) is 5.45. The van der Waals surface area contributed by atoms with Crippen molar-refractivity contribution < 1.29 is 0 Å². The van der Waals surface area contributed by atoms with Crippen LogP contribution in [0.15, 0.2) is 29.1 Å². The van der Waals surface area contributed by atoms with Crippen molar-refractivity contribution in [2.75, 3.05) is 25.5 Å². The Balaban J connectivity index is 1.88. The smallest absolute Gasteiger partial charge is 0.268 e. The van der Waals surface area contributed by atoms with Gasteiger partial charge in [-0.1, -0.05) is 25.4 Å². The van der Waals surface area contributed by atoms with Gasteiger partial charge >= 0.3 is 0 Å². The molecule has 7 heteroatoms. The second-order valence-electron chi connectivity index (χ2n) is 7.83. The van der Waals surface area contributed by atoms with Gasteiger partial charge in [-0.3, -0.25) is 4.79 Å². The van der Waals surface area contributed by atoms with Crippen molar-refractivity contribution in [3.63, 3.8) is 0 Å². The Morgan fingerprint density at radius 1 is 1.29 bits per heavy atom. The molecule has 0 fully saturated rings. The number of fused-ring (bicyclic) bond motifs is 3. The molecule has 0 aliphatic carbocycles. The summed E-state index contributed by atoms with van der Waals surface area (Å²) in [7, 11) is 2.12. The molecule has 0 unspecified atom stereocenters. The lowest BCUT2D eigenvalue weighted by Gasteiger charge is -2.22. The van der Waals surface area contributed by atoms with Crippen LogP contribution in [0.5, 0.6) is 0 Å². The number of hydrogen-bond acceptors (Lipinski definition) is 5. The lowest BCUT2D eigenvalue weighted by molar-refractivity contribution is 0.318. The fraction of sp³-hybridized carbons (Fsp3) is 0.429. The third-order valence-electron chi connectivity index (χ3n) is 5.15. The molecule has 28 heavy (non-hydrogen) atoms. The Labute approximate surface area is 174 Å². The van der Waals surface area contributed by atoms with Crippen LogP contribution in [0, 0.1) is 5.92 Å². The van der Waals surface area contributed by atoms with Gasteiger partial charge in [0.05, 0.1) is 11.1 Å². The van der Waals surface area contributed by atoms with Gasteiger partial charge in [-0.15, -0.1) is 11.3 Å². The molecule has 1 aliphatic rings. The second-order valence-corrected chi connectivity index (χ2v) is 9.35. The molecule has 1 aromatic carbocycles. The number of nitrogens with zero attached hydrogens (tertiary/aromatic N) is 3. The second kappa shape index (κ2) is 7.85. The van der Waals surface area contributed by atoms with Gasteiger partial charge in [0.15, 0.2) is 0 Å². The molecule has 0 bridgehead atoms. The average molecular weight is 417 g/mol. The summed E-state index contributed by atoms with van der Waals surface area (Å²) in [6.45, 7) is 7.00. The molecule has 1 aliphatic heterocycles. The normalized spacial score (nSPS) is 14.6. The van der Waals surface area contributed by atoms with Gasteiger partial charge in [0, 0.05) is 29.5 Å². The predicted octanol–water partition coefficient (Wildman–Crippen LogP) is 4.55. The first kappa shape index (κ1) is 19.4. The first-order chi connectivity index (χ1) is 13.4. The highest BCUT2D eigenvalue weighted by atomic mass is 35.5. The Hall–Kier alpha value is -1.89. The SMILES string of the molecule is CC(C)CCNc1nc2sc3c(c2c(=O)n1-c1ccc(Cl)cc1)CCN(C)C3. The molecular weight excluding hydrogens is 392 g/mol. The number of rotatable bonds is 5. The van der Waals surface area contributed by atoms with Gasteiger partial charge in [0.1, 0.15) is 4.83 Å². The highest BCUT2D eigenvalue weighted by Gasteiger charge is 2.24. The molecule has 5 nitrogen and oxygen atoms in total. The van der Waals surface area contributed by atoms with Crippen LogP contribution in [0.1, 0.15) is 30.7 Å². The van der Waals surface area contributed by atoms with Crippen LogP contribution in [0.25, 0.3) is 15.9 Å². The van der Waals surface area contributed by atoms with Crippen LogP contribution in [0.4, 0.5) is 5.95 Å². The van der Waals surface area contributed by atoms with Crippen molar-refractivity contribution in [1.29, 1.82) is 0 Å². The van der Waals surface area contributed by atoms with Crippen LogP contribution in [0.2, 0.25) is 5.02 Å². The van der Waals surface area contributed by atoms with Gasteiger partial charge < -0.3 is 10.2 Å². The van der Waals surface area contributed by atoms with Crippen LogP contribution in [0.3, 0.4) is 0 Å². The predicted molar refractivity (Wildman–Crippen MR) is 118 cm³/mol. The zero-order valence-corrected chi connectivity index (χ0v) is 18.0. The van der Waals surface area contributed by atoms with Gasteiger partial charge in [0.2, 0.25) is 5.95 Å². The molecule has 148 valence electrons. The molecule has 0 atom stereocenters. The highest BCUT2D eigenvalue weighted by molar-refractivity contribution is 7.18. The minimum atomic E-state index is 0.00132. The van der Waals surface area contributed by atoms with E-state index in [0.29, 0.717) is 16.9 Å². The minimum absolute atomic E-state index is 0.00132. The van der Waals surface area contributed by atoms with Crippen LogP contribution in [-0.2, 0) is 13.0 Å². The number of anilines is 1. The zero-order valence-electron chi connectivity index (χ0n) is 16.5. The van der Waals surface area contributed by atoms with Crippen LogP contribution >= 0.6 is 22.9 Å². The van der Waals surface area contributed by atoms with Gasteiger partial charge in [-0.2, -0.15) is 0 Å². The summed E-state index contributed by atoms with van der Waals surface area (Å²) in [6.07, 6.45) is 1.91. The number of likely N-dealkylation sites (N-methyl/N-ethyl adjacent to an activating group) is 1. The molecule has 0 saturated heterocycles. The van der Waals surface area contributed by atoms with Gasteiger partial charge in [-0.05, 0) is 55.6 Å². The van der Waals surface area contributed by atoms with Crippen molar-refractivity contribution in [3.8, 4) is 5.69 Å². The molecule has 4 rings (SSSR count). The highest BCUT2D eigenvalue weighted by Crippen LogP contribution is 2.33. The fourth-order valence-corrected chi connectivity index (χ4v) is 5.01. The summed E-state index contributed by atoms with van der Waals surface area (Å²) in [5, 5.41) is 4.82.